The number of nitrogens with zero attached hydrogens (tertiary/aromatic N) is 3. The van der Waals surface area contributed by atoms with E-state index >= 15 is 0 Å². The molecule has 0 radical (unpaired) electrons. The molecule has 8 heteroatoms. The van der Waals surface area contributed by atoms with Crippen molar-refractivity contribution in [2.45, 2.75) is 6.92 Å². The van der Waals surface area contributed by atoms with E-state index in [4.69, 9.17) is 12.2 Å². The molecule has 2 N–H and O–H groups in total. The van der Waals surface area contributed by atoms with E-state index in [1.54, 1.807) is 13.1 Å². The first-order valence-corrected chi connectivity index (χ1v) is 6.79. The number of benzene rings is 1. The second-order valence-corrected chi connectivity index (χ2v) is 5.13. The maximum atomic E-state index is 11.3. The summed E-state index contributed by atoms with van der Waals surface area (Å²) in [6.45, 7) is 1.57. The molecular weight excluding hydrogens is 342 g/mol. The lowest BCUT2D eigenvalue weighted by Crippen LogP contribution is -2.19. The van der Waals surface area contributed by atoms with E-state index < -0.39 is 0 Å². The van der Waals surface area contributed by atoms with Crippen molar-refractivity contribution in [3.05, 3.63) is 50.3 Å². The van der Waals surface area contributed by atoms with Crippen LogP contribution in [0.1, 0.15) is 11.3 Å². The Balaban J connectivity index is 2.03. The zero-order valence-corrected chi connectivity index (χ0v) is 12.8. The lowest BCUT2D eigenvalue weighted by Gasteiger charge is -2.01. The lowest BCUT2D eigenvalue weighted by molar-refractivity contribution is 0.910. The monoisotopic (exact) mass is 351 g/mol. The summed E-state index contributed by atoms with van der Waals surface area (Å²) >= 11 is 8.38. The number of aryl methyl sites for hydroxylation is 1. The number of nitrogens with one attached hydrogen (secondary N) is 2. The largest absolute Gasteiger partial charge is 0.300 e. The molecule has 0 aliphatic rings. The number of thiocarbonyl (C=S) groups is 1. The maximum absolute atomic E-state index is 11.3. The predicted molar refractivity (Wildman–Crippen MR) is 85.3 cm³/mol. The van der Waals surface area contributed by atoms with E-state index in [9.17, 15) is 4.79 Å². The summed E-state index contributed by atoms with van der Waals surface area (Å²) in [5.41, 5.74) is 0.878. The van der Waals surface area contributed by atoms with E-state index in [1.807, 2.05) is 24.3 Å². The normalized spacial score (nSPS) is 10.7. The Bertz CT molecular complexity index is 711. The van der Waals surface area contributed by atoms with Gasteiger partial charge in [-0.3, -0.25) is 15.1 Å². The highest BCUT2D eigenvalue weighted by Crippen LogP contribution is 2.09. The van der Waals surface area contributed by atoms with Gasteiger partial charge in [-0.05, 0) is 36.8 Å². The predicted octanol–water partition coefficient (Wildman–Crippen LogP) is 2.05. The Labute approximate surface area is 128 Å². The average Bonchev–Trinajstić information content (AvgIpc) is 2.42. The highest BCUT2D eigenvalue weighted by Gasteiger charge is 2.01. The Morgan fingerprint density at radius 1 is 1.40 bits per heavy atom. The van der Waals surface area contributed by atoms with Gasteiger partial charge in [0.2, 0.25) is 5.95 Å². The quantitative estimate of drug-likeness (QED) is 0.639. The van der Waals surface area contributed by atoms with Gasteiger partial charge in [-0.1, -0.05) is 28.1 Å². The molecule has 20 heavy (non-hydrogen) atoms. The Morgan fingerprint density at radius 3 is 2.75 bits per heavy atom. The molecule has 0 aliphatic heterocycles. The number of H-pyrrole nitrogens is 1. The van der Waals surface area contributed by atoms with Gasteiger partial charge >= 0.3 is 0 Å². The smallest absolute Gasteiger partial charge is 0.273 e. The summed E-state index contributed by atoms with van der Waals surface area (Å²) in [5.74, 6) is 0.165. The third-order valence-corrected chi connectivity index (χ3v) is 3.02. The molecule has 1 aromatic carbocycles. The fraction of sp³-hybridized carbons (Fsp3) is 0.0833. The molecule has 0 saturated carbocycles. The Hall–Kier alpha value is -1.93. The van der Waals surface area contributed by atoms with E-state index in [1.165, 1.54) is 0 Å². The molecule has 1 aromatic heterocycles. The Morgan fingerprint density at radius 2 is 2.10 bits per heavy atom. The van der Waals surface area contributed by atoms with E-state index in [0.717, 1.165) is 10.0 Å². The van der Waals surface area contributed by atoms with Crippen LogP contribution in [0.3, 0.4) is 0 Å². The number of halogens is 1. The van der Waals surface area contributed by atoms with Gasteiger partial charge in [0.15, 0.2) is 5.11 Å². The summed E-state index contributed by atoms with van der Waals surface area (Å²) in [7, 11) is 0. The standard InChI is InChI=1S/C12H10BrN5OS/c1-7-10(19)15-11(18-17-7)16-12(20)14-6-8-2-4-9(13)5-3-8/h2-6H,1H3,(H2,15,16,18,19,20)/b14-6+. The van der Waals surface area contributed by atoms with Crippen molar-refractivity contribution in [1.29, 1.82) is 0 Å². The molecule has 0 bridgehead atoms. The molecule has 0 unspecified atom stereocenters. The van der Waals surface area contributed by atoms with Gasteiger partial charge in [-0.2, -0.15) is 0 Å². The van der Waals surface area contributed by atoms with Crippen LogP contribution >= 0.6 is 28.1 Å². The van der Waals surface area contributed by atoms with Crippen LogP contribution in [-0.4, -0.2) is 26.5 Å². The van der Waals surface area contributed by atoms with Gasteiger partial charge in [0, 0.05) is 10.7 Å². The number of aliphatic imine (C=N–C) groups is 1. The first kappa shape index (κ1) is 14.5. The van der Waals surface area contributed by atoms with Crippen LogP contribution in [0.2, 0.25) is 0 Å². The number of aromatic nitrogens is 3. The SMILES string of the molecule is Cc1nnc(NC(=S)/N=C/c2ccc(Br)cc2)[nH]c1=O. The van der Waals surface area contributed by atoms with Gasteiger partial charge in [-0.15, -0.1) is 10.2 Å². The molecular formula is C12H10BrN5OS. The topological polar surface area (TPSA) is 83.0 Å². The van der Waals surface area contributed by atoms with Crippen molar-refractivity contribution < 1.29 is 0 Å². The van der Waals surface area contributed by atoms with Gasteiger partial charge in [-0.25, -0.2) is 4.99 Å². The molecule has 0 amide bonds. The molecule has 0 aliphatic carbocycles. The lowest BCUT2D eigenvalue weighted by atomic mass is 10.2. The van der Waals surface area contributed by atoms with Crippen LogP contribution in [0.5, 0.6) is 0 Å². The van der Waals surface area contributed by atoms with Gasteiger partial charge in [0.05, 0.1) is 0 Å². The average molecular weight is 352 g/mol. The minimum Gasteiger partial charge on any atom is -0.300 e. The molecule has 6 nitrogen and oxygen atoms in total. The minimum atomic E-state index is -0.317. The van der Waals surface area contributed by atoms with Crippen LogP contribution in [0.4, 0.5) is 5.95 Å². The highest BCUT2D eigenvalue weighted by atomic mass is 79.9. The van der Waals surface area contributed by atoms with Crippen molar-refractivity contribution in [3.8, 4) is 0 Å². The molecule has 0 fully saturated rings. The van der Waals surface area contributed by atoms with Crippen molar-refractivity contribution in [2.75, 3.05) is 5.32 Å². The minimum absolute atomic E-state index is 0.165. The van der Waals surface area contributed by atoms with Gasteiger partial charge in [0.25, 0.3) is 5.56 Å². The molecule has 102 valence electrons. The molecule has 0 saturated heterocycles. The summed E-state index contributed by atoms with van der Waals surface area (Å²) in [6, 6.07) is 7.59. The maximum Gasteiger partial charge on any atom is 0.273 e. The highest BCUT2D eigenvalue weighted by molar-refractivity contribution is 9.10. The molecule has 1 heterocycles. The molecule has 0 spiro atoms. The summed E-state index contributed by atoms with van der Waals surface area (Å²) in [5, 5.41) is 10.3. The molecule has 0 atom stereocenters. The number of hydrogen-bond acceptors (Lipinski definition) is 4. The number of aromatic amines is 1. The third kappa shape index (κ3) is 4.04. The van der Waals surface area contributed by atoms with E-state index in [-0.39, 0.29) is 16.6 Å². The first-order chi connectivity index (χ1) is 9.54. The fourth-order valence-electron chi connectivity index (χ4n) is 1.27. The number of rotatable bonds is 2. The van der Waals surface area contributed by atoms with Crippen molar-refractivity contribution >= 4 is 45.4 Å². The summed E-state index contributed by atoms with van der Waals surface area (Å²) in [6.07, 6.45) is 1.61. The number of hydrogen-bond donors (Lipinski definition) is 2. The van der Waals surface area contributed by atoms with Crippen LogP contribution in [-0.2, 0) is 0 Å². The van der Waals surface area contributed by atoms with Crippen LogP contribution in [0.25, 0.3) is 0 Å². The second kappa shape index (κ2) is 6.49. The van der Waals surface area contributed by atoms with Crippen molar-refractivity contribution in [3.63, 3.8) is 0 Å². The van der Waals surface area contributed by atoms with Crippen molar-refractivity contribution in [1.82, 2.24) is 15.2 Å². The fourth-order valence-corrected chi connectivity index (χ4v) is 1.68. The van der Waals surface area contributed by atoms with E-state index in [0.29, 0.717) is 5.69 Å². The number of anilines is 1. The van der Waals surface area contributed by atoms with Crippen LogP contribution in [0.15, 0.2) is 38.5 Å². The second-order valence-electron chi connectivity index (χ2n) is 3.83. The zero-order valence-electron chi connectivity index (χ0n) is 10.4. The van der Waals surface area contributed by atoms with Crippen molar-refractivity contribution in [2.24, 2.45) is 4.99 Å². The summed E-state index contributed by atoms with van der Waals surface area (Å²) in [4.78, 5) is 17.9. The summed E-state index contributed by atoms with van der Waals surface area (Å²) < 4.78 is 0.989. The van der Waals surface area contributed by atoms with Gasteiger partial charge < -0.3 is 0 Å². The third-order valence-electron chi connectivity index (χ3n) is 2.29. The van der Waals surface area contributed by atoms with Crippen LogP contribution in [0, 0.1) is 6.92 Å². The first-order valence-electron chi connectivity index (χ1n) is 5.59. The zero-order chi connectivity index (χ0) is 14.5. The van der Waals surface area contributed by atoms with Crippen LogP contribution < -0.4 is 10.9 Å². The van der Waals surface area contributed by atoms with Gasteiger partial charge in [0.1, 0.15) is 5.69 Å². The molecule has 2 aromatic rings. The van der Waals surface area contributed by atoms with E-state index in [2.05, 4.69) is 41.4 Å². The Kier molecular flexibility index (Phi) is 4.70. The molecule has 2 rings (SSSR count).